The number of halogens is 6. The number of furan rings is 1. The molecule has 0 saturated carbocycles. The van der Waals surface area contributed by atoms with E-state index >= 15 is 0 Å². The van der Waals surface area contributed by atoms with Crippen molar-refractivity contribution in [1.82, 2.24) is 0 Å². The summed E-state index contributed by atoms with van der Waals surface area (Å²) in [5.41, 5.74) is 5.34. The highest BCUT2D eigenvalue weighted by molar-refractivity contribution is 5.05. The summed E-state index contributed by atoms with van der Waals surface area (Å²) in [6.07, 6.45) is -15.6. The average molecular weight is 291 g/mol. The van der Waals surface area contributed by atoms with E-state index in [2.05, 4.69) is 4.74 Å². The molecule has 2 N–H and O–H groups in total. The average Bonchev–Trinajstić information content (AvgIpc) is 2.66. The van der Waals surface area contributed by atoms with Crippen molar-refractivity contribution in [3.05, 3.63) is 24.2 Å². The van der Waals surface area contributed by atoms with E-state index in [4.69, 9.17) is 10.2 Å². The summed E-state index contributed by atoms with van der Waals surface area (Å²) in [5, 5.41) is 0. The van der Waals surface area contributed by atoms with Gasteiger partial charge >= 0.3 is 12.4 Å². The van der Waals surface area contributed by atoms with Crippen LogP contribution in [0.2, 0.25) is 0 Å². The molecule has 0 fully saturated rings. The summed E-state index contributed by atoms with van der Waals surface area (Å²) in [5.74, 6) is -0.200. The minimum absolute atomic E-state index is 0.200. The van der Waals surface area contributed by atoms with Crippen LogP contribution in [0.5, 0.6) is 0 Å². The lowest BCUT2D eigenvalue weighted by Gasteiger charge is -2.28. The Labute approximate surface area is 104 Å². The summed E-state index contributed by atoms with van der Waals surface area (Å²) in [4.78, 5) is 0. The lowest BCUT2D eigenvalue weighted by Crippen LogP contribution is -2.46. The highest BCUT2D eigenvalue weighted by Gasteiger charge is 2.59. The molecular formula is C10H11F6NO2. The van der Waals surface area contributed by atoms with Crippen molar-refractivity contribution in [2.75, 3.05) is 0 Å². The minimum Gasteiger partial charge on any atom is -0.467 e. The van der Waals surface area contributed by atoms with Crippen LogP contribution in [0.4, 0.5) is 26.3 Å². The van der Waals surface area contributed by atoms with Crippen LogP contribution in [-0.2, 0) is 4.74 Å². The summed E-state index contributed by atoms with van der Waals surface area (Å²) >= 11 is 0. The third kappa shape index (κ3) is 4.13. The Morgan fingerprint density at radius 2 is 1.68 bits per heavy atom. The third-order valence-electron chi connectivity index (χ3n) is 2.18. The van der Waals surface area contributed by atoms with E-state index in [9.17, 15) is 26.3 Å². The lowest BCUT2D eigenvalue weighted by molar-refractivity contribution is -0.333. The molecule has 0 aliphatic rings. The molecule has 0 radical (unpaired) electrons. The molecule has 3 nitrogen and oxygen atoms in total. The van der Waals surface area contributed by atoms with E-state index in [0.29, 0.717) is 0 Å². The molecular weight excluding hydrogens is 280 g/mol. The van der Waals surface area contributed by atoms with Crippen molar-refractivity contribution in [3.63, 3.8) is 0 Å². The van der Waals surface area contributed by atoms with Gasteiger partial charge in [0.2, 0.25) is 6.10 Å². The van der Waals surface area contributed by atoms with Crippen LogP contribution in [0, 0.1) is 0 Å². The van der Waals surface area contributed by atoms with Gasteiger partial charge in [0.25, 0.3) is 0 Å². The molecule has 0 aliphatic carbocycles. The van der Waals surface area contributed by atoms with Crippen LogP contribution in [0.15, 0.2) is 22.8 Å². The Morgan fingerprint density at radius 3 is 2.00 bits per heavy atom. The molecule has 0 aliphatic heterocycles. The maximum absolute atomic E-state index is 12.4. The van der Waals surface area contributed by atoms with E-state index in [1.165, 1.54) is 19.1 Å². The summed E-state index contributed by atoms with van der Waals surface area (Å²) < 4.78 is 83.1. The Hall–Kier alpha value is -1.22. The van der Waals surface area contributed by atoms with Crippen molar-refractivity contribution < 1.29 is 35.5 Å². The quantitative estimate of drug-likeness (QED) is 0.867. The fourth-order valence-electron chi connectivity index (χ4n) is 1.39. The van der Waals surface area contributed by atoms with Crippen LogP contribution in [0.3, 0.4) is 0 Å². The number of ether oxygens (including phenoxy) is 1. The third-order valence-corrected chi connectivity index (χ3v) is 2.18. The second kappa shape index (κ2) is 5.41. The summed E-state index contributed by atoms with van der Waals surface area (Å²) in [6.45, 7) is 1.22. The zero-order chi connectivity index (χ0) is 14.8. The topological polar surface area (TPSA) is 48.4 Å². The molecule has 0 saturated heterocycles. The van der Waals surface area contributed by atoms with Gasteiger partial charge in [-0.05, 0) is 19.1 Å². The first-order chi connectivity index (χ1) is 8.53. The maximum Gasteiger partial charge on any atom is 0.423 e. The summed E-state index contributed by atoms with van der Waals surface area (Å²) in [7, 11) is 0. The van der Waals surface area contributed by atoms with Crippen molar-refractivity contribution in [3.8, 4) is 0 Å². The number of hydrogen-bond acceptors (Lipinski definition) is 3. The molecule has 19 heavy (non-hydrogen) atoms. The predicted octanol–water partition coefficient (Wildman–Crippen LogP) is 3.18. The number of hydrogen-bond donors (Lipinski definition) is 1. The Kier molecular flexibility index (Phi) is 4.51. The van der Waals surface area contributed by atoms with Crippen LogP contribution < -0.4 is 5.73 Å². The molecule has 2 unspecified atom stereocenters. The van der Waals surface area contributed by atoms with Gasteiger partial charge < -0.3 is 14.9 Å². The van der Waals surface area contributed by atoms with Gasteiger partial charge in [0.1, 0.15) is 11.9 Å². The Balaban J connectivity index is 2.99. The van der Waals surface area contributed by atoms with Gasteiger partial charge in [0.15, 0.2) is 0 Å². The second-order valence-corrected chi connectivity index (χ2v) is 3.89. The van der Waals surface area contributed by atoms with Gasteiger partial charge in [0.05, 0.1) is 6.26 Å². The zero-order valence-electron chi connectivity index (χ0n) is 9.63. The molecule has 0 aromatic carbocycles. The van der Waals surface area contributed by atoms with Crippen LogP contribution in [0.25, 0.3) is 0 Å². The Morgan fingerprint density at radius 1 is 1.16 bits per heavy atom. The van der Waals surface area contributed by atoms with Crippen LogP contribution in [0.1, 0.15) is 18.8 Å². The largest absolute Gasteiger partial charge is 0.467 e. The molecule has 0 spiro atoms. The van der Waals surface area contributed by atoms with Crippen LogP contribution in [-0.4, -0.2) is 24.5 Å². The van der Waals surface area contributed by atoms with Crippen molar-refractivity contribution in [2.45, 2.75) is 37.5 Å². The van der Waals surface area contributed by atoms with Crippen molar-refractivity contribution in [2.24, 2.45) is 5.73 Å². The lowest BCUT2D eigenvalue weighted by atomic mass is 10.1. The smallest absolute Gasteiger partial charge is 0.423 e. The zero-order valence-corrected chi connectivity index (χ0v) is 9.63. The van der Waals surface area contributed by atoms with Gasteiger partial charge in [-0.15, -0.1) is 0 Å². The van der Waals surface area contributed by atoms with Gasteiger partial charge in [0, 0.05) is 6.04 Å². The van der Waals surface area contributed by atoms with E-state index in [0.717, 1.165) is 6.26 Å². The fourth-order valence-corrected chi connectivity index (χ4v) is 1.39. The molecule has 110 valence electrons. The monoisotopic (exact) mass is 291 g/mol. The van der Waals surface area contributed by atoms with Crippen LogP contribution >= 0.6 is 0 Å². The molecule has 1 aromatic rings. The van der Waals surface area contributed by atoms with E-state index in [1.807, 2.05) is 0 Å². The number of nitrogens with two attached hydrogens (primary N) is 1. The second-order valence-electron chi connectivity index (χ2n) is 3.89. The van der Waals surface area contributed by atoms with Gasteiger partial charge in [-0.25, -0.2) is 0 Å². The van der Waals surface area contributed by atoms with E-state index < -0.39 is 30.6 Å². The molecule has 1 rings (SSSR count). The highest BCUT2D eigenvalue weighted by atomic mass is 19.4. The number of rotatable bonds is 4. The SMILES string of the molecule is CC(N)C(OC(C(F)(F)F)C(F)(F)F)c1ccco1. The normalized spacial score (nSPS) is 16.7. The van der Waals surface area contributed by atoms with E-state index in [1.54, 1.807) is 0 Å². The van der Waals surface area contributed by atoms with Gasteiger partial charge in [-0.2, -0.15) is 26.3 Å². The van der Waals surface area contributed by atoms with E-state index in [-0.39, 0.29) is 5.76 Å². The molecule has 0 amide bonds. The molecule has 9 heteroatoms. The van der Waals surface area contributed by atoms with Gasteiger partial charge in [-0.3, -0.25) is 0 Å². The minimum atomic E-state index is -5.59. The first-order valence-corrected chi connectivity index (χ1v) is 5.11. The Bertz CT molecular complexity index is 370. The highest BCUT2D eigenvalue weighted by Crippen LogP contribution is 2.39. The molecule has 0 bridgehead atoms. The summed E-state index contributed by atoms with van der Waals surface area (Å²) in [6, 6.07) is 1.39. The first-order valence-electron chi connectivity index (χ1n) is 5.11. The van der Waals surface area contributed by atoms with Crippen molar-refractivity contribution in [1.29, 1.82) is 0 Å². The predicted molar refractivity (Wildman–Crippen MR) is 52.1 cm³/mol. The maximum atomic E-state index is 12.4. The first kappa shape index (κ1) is 15.8. The standard InChI is InChI=1S/C10H11F6NO2/c1-5(17)7(6-3-2-4-18-6)19-8(9(11,12)13)10(14,15)16/h2-5,7-8H,17H2,1H3. The van der Waals surface area contributed by atoms with Gasteiger partial charge in [-0.1, -0.05) is 0 Å². The van der Waals surface area contributed by atoms with Crippen molar-refractivity contribution >= 4 is 0 Å². The fraction of sp³-hybridized carbons (Fsp3) is 0.600. The molecule has 2 atom stereocenters. The number of alkyl halides is 6. The molecule has 1 heterocycles. The molecule has 1 aromatic heterocycles.